The zero-order chi connectivity index (χ0) is 20.4. The van der Waals surface area contributed by atoms with E-state index >= 15 is 0 Å². The lowest BCUT2D eigenvalue weighted by Gasteiger charge is -2.03. The molecular formula is C25H20FNO2. The molecule has 0 atom stereocenters. The van der Waals surface area contributed by atoms with Crippen molar-refractivity contribution in [3.63, 3.8) is 0 Å². The molecule has 0 saturated carbocycles. The van der Waals surface area contributed by atoms with E-state index in [0.29, 0.717) is 5.56 Å². The quantitative estimate of drug-likeness (QED) is 0.321. The molecular weight excluding hydrogens is 365 g/mol. The third kappa shape index (κ3) is 3.97. The van der Waals surface area contributed by atoms with Gasteiger partial charge in [0, 0.05) is 16.6 Å². The van der Waals surface area contributed by atoms with E-state index in [4.69, 9.17) is 4.74 Å². The molecule has 1 heterocycles. The van der Waals surface area contributed by atoms with Gasteiger partial charge in [0.05, 0.1) is 12.6 Å². The Hall–Kier alpha value is -3.66. The van der Waals surface area contributed by atoms with Gasteiger partial charge in [-0.15, -0.1) is 0 Å². The maximum absolute atomic E-state index is 13.1. The number of H-pyrrole nitrogens is 1. The van der Waals surface area contributed by atoms with Crippen molar-refractivity contribution in [3.8, 4) is 17.0 Å². The van der Waals surface area contributed by atoms with Crippen LogP contribution in [0, 0.1) is 5.82 Å². The van der Waals surface area contributed by atoms with Crippen LogP contribution in [0.4, 0.5) is 4.39 Å². The summed E-state index contributed by atoms with van der Waals surface area (Å²) in [6.45, 7) is 1.57. The average molecular weight is 385 g/mol. The van der Waals surface area contributed by atoms with E-state index in [1.54, 1.807) is 26.2 Å². The molecule has 3 nitrogen and oxygen atoms in total. The molecule has 0 unspecified atom stereocenters. The zero-order valence-corrected chi connectivity index (χ0v) is 16.2. The van der Waals surface area contributed by atoms with Crippen LogP contribution in [0.5, 0.6) is 5.75 Å². The minimum absolute atomic E-state index is 0.00448. The first kappa shape index (κ1) is 18.7. The average Bonchev–Trinajstić information content (AvgIpc) is 3.16. The molecule has 0 radical (unpaired) electrons. The van der Waals surface area contributed by atoms with Gasteiger partial charge in [-0.25, -0.2) is 4.39 Å². The third-order valence-electron chi connectivity index (χ3n) is 4.87. The Balaban J connectivity index is 1.75. The number of ether oxygens (including phenoxy) is 1. The van der Waals surface area contributed by atoms with Crippen LogP contribution in [0.15, 0.2) is 66.7 Å². The molecule has 4 rings (SSSR count). The molecule has 3 aromatic carbocycles. The van der Waals surface area contributed by atoms with Gasteiger partial charge in [-0.3, -0.25) is 4.79 Å². The summed E-state index contributed by atoms with van der Waals surface area (Å²) in [5, 5.41) is 0.960. The summed E-state index contributed by atoms with van der Waals surface area (Å²) >= 11 is 0. The molecule has 0 saturated heterocycles. The molecule has 144 valence electrons. The maximum Gasteiger partial charge on any atom is 0.161 e. The van der Waals surface area contributed by atoms with Crippen molar-refractivity contribution in [2.24, 2.45) is 0 Å². The lowest BCUT2D eigenvalue weighted by molar-refractivity contribution is 0.101. The minimum Gasteiger partial charge on any atom is -0.497 e. The third-order valence-corrected chi connectivity index (χ3v) is 4.87. The number of fused-ring (bicyclic) bond motifs is 1. The topological polar surface area (TPSA) is 42.1 Å². The second kappa shape index (κ2) is 7.76. The van der Waals surface area contributed by atoms with E-state index in [1.165, 1.54) is 12.1 Å². The first-order valence-corrected chi connectivity index (χ1v) is 9.29. The molecule has 0 aliphatic carbocycles. The summed E-state index contributed by atoms with van der Waals surface area (Å²) in [4.78, 5) is 15.6. The summed E-state index contributed by atoms with van der Waals surface area (Å²) in [5.74, 6) is 0.526. The molecule has 0 aliphatic rings. The molecule has 4 heteroatoms. The number of hydrogen-bond acceptors (Lipinski definition) is 2. The molecule has 29 heavy (non-hydrogen) atoms. The molecule has 1 aromatic heterocycles. The SMILES string of the molecule is COc1ccc(-c2cc3cc(/C=C/c4ccc(F)cc4)cc(C(C)=O)c3[nH]2)cc1. The van der Waals surface area contributed by atoms with Crippen molar-refractivity contribution in [2.45, 2.75) is 6.92 Å². The number of hydrogen-bond donors (Lipinski definition) is 1. The van der Waals surface area contributed by atoms with E-state index in [-0.39, 0.29) is 11.6 Å². The molecule has 4 aromatic rings. The van der Waals surface area contributed by atoms with E-state index in [0.717, 1.165) is 39.0 Å². The first-order valence-electron chi connectivity index (χ1n) is 9.29. The summed E-state index contributed by atoms with van der Waals surface area (Å²) in [7, 11) is 1.64. The molecule has 0 fully saturated rings. The highest BCUT2D eigenvalue weighted by Crippen LogP contribution is 2.29. The fraction of sp³-hybridized carbons (Fsp3) is 0.0800. The lowest BCUT2D eigenvalue weighted by Crippen LogP contribution is -1.94. The Morgan fingerprint density at radius 3 is 2.28 bits per heavy atom. The van der Waals surface area contributed by atoms with Crippen LogP contribution in [0.25, 0.3) is 34.3 Å². The van der Waals surface area contributed by atoms with Crippen molar-refractivity contribution < 1.29 is 13.9 Å². The number of rotatable bonds is 5. The highest BCUT2D eigenvalue weighted by Gasteiger charge is 2.12. The molecule has 0 amide bonds. The van der Waals surface area contributed by atoms with Crippen molar-refractivity contribution in [1.82, 2.24) is 4.98 Å². The number of aromatic amines is 1. The van der Waals surface area contributed by atoms with Crippen molar-refractivity contribution in [2.75, 3.05) is 7.11 Å². The number of methoxy groups -OCH3 is 1. The molecule has 1 N–H and O–H groups in total. The summed E-state index contributed by atoms with van der Waals surface area (Å²) in [6, 6.07) is 20.0. The Bertz CT molecular complexity index is 1200. The van der Waals surface area contributed by atoms with Crippen LogP contribution in [0.3, 0.4) is 0 Å². The van der Waals surface area contributed by atoms with E-state index in [9.17, 15) is 9.18 Å². The van der Waals surface area contributed by atoms with Crippen molar-refractivity contribution in [1.29, 1.82) is 0 Å². The lowest BCUT2D eigenvalue weighted by atomic mass is 10.0. The monoisotopic (exact) mass is 385 g/mol. The fourth-order valence-corrected chi connectivity index (χ4v) is 3.33. The van der Waals surface area contributed by atoms with Crippen molar-refractivity contribution in [3.05, 3.63) is 89.2 Å². The van der Waals surface area contributed by atoms with Gasteiger partial charge >= 0.3 is 0 Å². The Kier molecular flexibility index (Phi) is 5.00. The Morgan fingerprint density at radius 1 is 0.931 bits per heavy atom. The van der Waals surface area contributed by atoms with E-state index in [1.807, 2.05) is 54.6 Å². The number of ketones is 1. The summed E-state index contributed by atoms with van der Waals surface area (Å²) in [6.07, 6.45) is 3.83. The first-order chi connectivity index (χ1) is 14.0. The van der Waals surface area contributed by atoms with Gasteiger partial charge in [0.1, 0.15) is 11.6 Å². The van der Waals surface area contributed by atoms with Gasteiger partial charge < -0.3 is 9.72 Å². The number of carbonyl (C=O) groups excluding carboxylic acids is 1. The Labute approximate surface area is 168 Å². The van der Waals surface area contributed by atoms with Crippen LogP contribution < -0.4 is 4.74 Å². The van der Waals surface area contributed by atoms with Crippen molar-refractivity contribution >= 4 is 28.8 Å². The predicted octanol–water partition coefficient (Wildman–Crippen LogP) is 6.36. The maximum atomic E-state index is 13.1. The van der Waals surface area contributed by atoms with Crippen LogP contribution >= 0.6 is 0 Å². The minimum atomic E-state index is -0.263. The summed E-state index contributed by atoms with van der Waals surface area (Å²) < 4.78 is 18.3. The number of carbonyl (C=O) groups is 1. The molecule has 0 aliphatic heterocycles. The van der Waals surface area contributed by atoms with Gasteiger partial charge in [0.25, 0.3) is 0 Å². The van der Waals surface area contributed by atoms with Gasteiger partial charge in [-0.05, 0) is 78.2 Å². The standard InChI is InChI=1S/C25H20FNO2/c1-16(28)23-14-18(4-3-17-5-9-21(26)10-6-17)13-20-15-24(27-25(20)23)19-7-11-22(29-2)12-8-19/h3-15,27H,1-2H3/b4-3+. The smallest absolute Gasteiger partial charge is 0.161 e. The number of benzene rings is 3. The predicted molar refractivity (Wildman–Crippen MR) is 116 cm³/mol. The number of aromatic nitrogens is 1. The zero-order valence-electron chi connectivity index (χ0n) is 16.2. The normalized spacial score (nSPS) is 11.3. The summed E-state index contributed by atoms with van der Waals surface area (Å²) in [5.41, 5.74) is 5.21. The molecule has 0 spiro atoms. The van der Waals surface area contributed by atoms with Crippen LogP contribution in [0.1, 0.15) is 28.4 Å². The van der Waals surface area contributed by atoms with E-state index < -0.39 is 0 Å². The highest BCUT2D eigenvalue weighted by molar-refractivity contribution is 6.07. The van der Waals surface area contributed by atoms with E-state index in [2.05, 4.69) is 4.98 Å². The Morgan fingerprint density at radius 2 is 1.62 bits per heavy atom. The van der Waals surface area contributed by atoms with Gasteiger partial charge in [-0.1, -0.05) is 24.3 Å². The second-order valence-electron chi connectivity index (χ2n) is 6.89. The van der Waals surface area contributed by atoms with Gasteiger partial charge in [0.2, 0.25) is 0 Å². The second-order valence-corrected chi connectivity index (χ2v) is 6.89. The van der Waals surface area contributed by atoms with Gasteiger partial charge in [-0.2, -0.15) is 0 Å². The largest absolute Gasteiger partial charge is 0.497 e. The van der Waals surface area contributed by atoms with Crippen LogP contribution in [-0.4, -0.2) is 17.9 Å². The van der Waals surface area contributed by atoms with Crippen LogP contribution in [-0.2, 0) is 0 Å². The highest BCUT2D eigenvalue weighted by atomic mass is 19.1. The number of halogens is 1. The van der Waals surface area contributed by atoms with Crippen LogP contribution in [0.2, 0.25) is 0 Å². The fourth-order valence-electron chi connectivity index (χ4n) is 3.33. The van der Waals surface area contributed by atoms with Gasteiger partial charge in [0.15, 0.2) is 5.78 Å². The number of nitrogens with one attached hydrogen (secondary N) is 1. The molecule has 0 bridgehead atoms. The number of Topliss-reactive ketones (excluding diaryl/α,β-unsaturated/α-hetero) is 1.